The van der Waals surface area contributed by atoms with E-state index in [0.29, 0.717) is 19.7 Å². The van der Waals surface area contributed by atoms with Gasteiger partial charge in [-0.3, -0.25) is 4.79 Å². The van der Waals surface area contributed by atoms with Crippen LogP contribution in [0.15, 0.2) is 12.4 Å². The first-order chi connectivity index (χ1) is 8.22. The van der Waals surface area contributed by atoms with Crippen LogP contribution in [0.25, 0.3) is 0 Å². The van der Waals surface area contributed by atoms with Crippen molar-refractivity contribution in [3.8, 4) is 0 Å². The molecular weight excluding hydrogens is 220 g/mol. The molecule has 6 nitrogen and oxygen atoms in total. The normalized spacial score (nSPS) is 20.3. The van der Waals surface area contributed by atoms with E-state index in [0.717, 1.165) is 6.42 Å². The summed E-state index contributed by atoms with van der Waals surface area (Å²) < 4.78 is 5.51. The Bertz CT molecular complexity index is 410. The van der Waals surface area contributed by atoms with Crippen molar-refractivity contribution < 1.29 is 9.53 Å². The fourth-order valence-electron chi connectivity index (χ4n) is 1.81. The maximum absolute atomic E-state index is 12.2. The summed E-state index contributed by atoms with van der Waals surface area (Å²) in [7, 11) is 0. The number of nitrogens with two attached hydrogens (primary N) is 1. The van der Waals surface area contributed by atoms with E-state index >= 15 is 0 Å². The second-order valence-electron chi connectivity index (χ2n) is 3.94. The lowest BCUT2D eigenvalue weighted by atomic mass is 10.2. The summed E-state index contributed by atoms with van der Waals surface area (Å²) in [6, 6.07) is 0. The lowest BCUT2D eigenvalue weighted by Crippen LogP contribution is -2.45. The number of rotatable bonds is 2. The van der Waals surface area contributed by atoms with Crippen molar-refractivity contribution in [2.24, 2.45) is 0 Å². The summed E-state index contributed by atoms with van der Waals surface area (Å²) in [6.07, 6.45) is 3.94. The van der Waals surface area contributed by atoms with Gasteiger partial charge in [0.25, 0.3) is 5.91 Å². The van der Waals surface area contributed by atoms with Gasteiger partial charge in [-0.25, -0.2) is 9.97 Å². The molecule has 2 N–H and O–H groups in total. The number of nitrogen functional groups attached to an aromatic ring is 1. The molecule has 0 aliphatic carbocycles. The molecule has 0 saturated carbocycles. The Balaban J connectivity index is 2.12. The summed E-state index contributed by atoms with van der Waals surface area (Å²) in [5.74, 6) is 0.00869. The second kappa shape index (κ2) is 5.09. The average molecular weight is 236 g/mol. The van der Waals surface area contributed by atoms with Crippen LogP contribution in [0.1, 0.15) is 23.8 Å². The number of anilines is 1. The standard InChI is InChI=1S/C11H16N4O2/c1-2-8-7-15(5-6-17-8)11(16)9-10(12)14-4-3-13-9/h3-4,8H,2,5-7H2,1H3,(H2,12,14). The third-order valence-corrected chi connectivity index (χ3v) is 2.81. The Morgan fingerprint density at radius 1 is 1.59 bits per heavy atom. The molecule has 1 unspecified atom stereocenters. The van der Waals surface area contributed by atoms with Gasteiger partial charge in [0, 0.05) is 25.5 Å². The Hall–Kier alpha value is -1.69. The van der Waals surface area contributed by atoms with Crippen LogP contribution < -0.4 is 5.73 Å². The highest BCUT2D eigenvalue weighted by atomic mass is 16.5. The van der Waals surface area contributed by atoms with Crippen molar-refractivity contribution in [3.63, 3.8) is 0 Å². The maximum Gasteiger partial charge on any atom is 0.276 e. The van der Waals surface area contributed by atoms with Gasteiger partial charge in [0.1, 0.15) is 0 Å². The zero-order chi connectivity index (χ0) is 12.3. The predicted molar refractivity (Wildman–Crippen MR) is 62.4 cm³/mol. The number of amides is 1. The van der Waals surface area contributed by atoms with E-state index in [4.69, 9.17) is 10.5 Å². The number of carbonyl (C=O) groups excluding carboxylic acids is 1. The summed E-state index contributed by atoms with van der Waals surface area (Å²) in [6.45, 7) is 3.76. The first-order valence-electron chi connectivity index (χ1n) is 5.69. The number of hydrogen-bond acceptors (Lipinski definition) is 5. The Morgan fingerprint density at radius 3 is 3.06 bits per heavy atom. The van der Waals surface area contributed by atoms with E-state index in [-0.39, 0.29) is 23.5 Å². The first kappa shape index (κ1) is 11.8. The van der Waals surface area contributed by atoms with E-state index < -0.39 is 0 Å². The number of carbonyl (C=O) groups is 1. The monoisotopic (exact) mass is 236 g/mol. The SMILES string of the molecule is CCC1CN(C(=O)c2nccnc2N)CCO1. The highest BCUT2D eigenvalue weighted by Gasteiger charge is 2.26. The van der Waals surface area contributed by atoms with E-state index in [1.807, 2.05) is 6.92 Å². The van der Waals surface area contributed by atoms with E-state index in [1.165, 1.54) is 12.4 Å². The fourth-order valence-corrected chi connectivity index (χ4v) is 1.81. The van der Waals surface area contributed by atoms with Gasteiger partial charge in [0.05, 0.1) is 12.7 Å². The molecule has 17 heavy (non-hydrogen) atoms. The number of aromatic nitrogens is 2. The van der Waals surface area contributed by atoms with Gasteiger partial charge in [-0.15, -0.1) is 0 Å². The molecule has 0 spiro atoms. The molecule has 0 aromatic carbocycles. The molecule has 1 aromatic rings. The van der Waals surface area contributed by atoms with Crippen LogP contribution in [0, 0.1) is 0 Å². The van der Waals surface area contributed by atoms with Crippen LogP contribution >= 0.6 is 0 Å². The molecule has 1 aliphatic rings. The number of nitrogens with zero attached hydrogens (tertiary/aromatic N) is 3. The largest absolute Gasteiger partial charge is 0.382 e. The van der Waals surface area contributed by atoms with Crippen LogP contribution in [-0.4, -0.2) is 46.6 Å². The molecule has 0 radical (unpaired) electrons. The zero-order valence-electron chi connectivity index (χ0n) is 9.80. The number of hydrogen-bond donors (Lipinski definition) is 1. The lowest BCUT2D eigenvalue weighted by Gasteiger charge is -2.32. The molecule has 1 atom stereocenters. The van der Waals surface area contributed by atoms with Gasteiger partial charge in [0.15, 0.2) is 11.5 Å². The van der Waals surface area contributed by atoms with Crippen LogP contribution in [-0.2, 0) is 4.74 Å². The summed E-state index contributed by atoms with van der Waals surface area (Å²) in [4.78, 5) is 21.7. The van der Waals surface area contributed by atoms with E-state index in [1.54, 1.807) is 4.90 Å². The highest BCUT2D eigenvalue weighted by Crippen LogP contribution is 2.13. The van der Waals surface area contributed by atoms with Gasteiger partial charge in [0.2, 0.25) is 0 Å². The van der Waals surface area contributed by atoms with Gasteiger partial charge >= 0.3 is 0 Å². The van der Waals surface area contributed by atoms with Crippen LogP contribution in [0.5, 0.6) is 0 Å². The molecular formula is C11H16N4O2. The minimum Gasteiger partial charge on any atom is -0.382 e. The van der Waals surface area contributed by atoms with Crippen molar-refractivity contribution >= 4 is 11.7 Å². The summed E-state index contributed by atoms with van der Waals surface area (Å²) in [5, 5.41) is 0. The molecule has 6 heteroatoms. The molecule has 1 fully saturated rings. The van der Waals surface area contributed by atoms with Gasteiger partial charge in [-0.1, -0.05) is 6.92 Å². The second-order valence-corrected chi connectivity index (χ2v) is 3.94. The Morgan fingerprint density at radius 2 is 2.35 bits per heavy atom. The van der Waals surface area contributed by atoms with Crippen molar-refractivity contribution in [3.05, 3.63) is 18.1 Å². The quantitative estimate of drug-likeness (QED) is 0.799. The summed E-state index contributed by atoms with van der Waals surface area (Å²) in [5.41, 5.74) is 5.87. The highest BCUT2D eigenvalue weighted by molar-refractivity contribution is 5.96. The van der Waals surface area contributed by atoms with Crippen LogP contribution in [0.3, 0.4) is 0 Å². The number of ether oxygens (including phenoxy) is 1. The first-order valence-corrected chi connectivity index (χ1v) is 5.69. The van der Waals surface area contributed by atoms with Crippen LogP contribution in [0.4, 0.5) is 5.82 Å². The van der Waals surface area contributed by atoms with Gasteiger partial charge < -0.3 is 15.4 Å². The van der Waals surface area contributed by atoms with E-state index in [9.17, 15) is 4.79 Å². The van der Waals surface area contributed by atoms with Crippen LogP contribution in [0.2, 0.25) is 0 Å². The molecule has 1 aliphatic heterocycles. The molecule has 2 rings (SSSR count). The van der Waals surface area contributed by atoms with Gasteiger partial charge in [-0.2, -0.15) is 0 Å². The minimum atomic E-state index is -0.169. The number of morpholine rings is 1. The molecule has 0 bridgehead atoms. The molecule has 1 saturated heterocycles. The lowest BCUT2D eigenvalue weighted by molar-refractivity contribution is -0.0227. The Labute approximate surface area is 99.8 Å². The Kier molecular flexibility index (Phi) is 3.53. The maximum atomic E-state index is 12.2. The third kappa shape index (κ3) is 2.52. The van der Waals surface area contributed by atoms with Crippen molar-refractivity contribution in [1.29, 1.82) is 0 Å². The molecule has 1 amide bonds. The zero-order valence-corrected chi connectivity index (χ0v) is 9.80. The molecule has 92 valence electrons. The molecule has 2 heterocycles. The average Bonchev–Trinajstić information content (AvgIpc) is 2.38. The minimum absolute atomic E-state index is 0.102. The third-order valence-electron chi connectivity index (χ3n) is 2.81. The molecule has 1 aromatic heterocycles. The smallest absolute Gasteiger partial charge is 0.276 e. The topological polar surface area (TPSA) is 81.3 Å². The fraction of sp³-hybridized carbons (Fsp3) is 0.545. The predicted octanol–water partition coefficient (Wildman–Crippen LogP) is 0.310. The van der Waals surface area contributed by atoms with Gasteiger partial charge in [-0.05, 0) is 6.42 Å². The van der Waals surface area contributed by atoms with Crippen molar-refractivity contribution in [2.45, 2.75) is 19.4 Å². The van der Waals surface area contributed by atoms with Crippen molar-refractivity contribution in [1.82, 2.24) is 14.9 Å². The van der Waals surface area contributed by atoms with Crippen molar-refractivity contribution in [2.75, 3.05) is 25.4 Å². The summed E-state index contributed by atoms with van der Waals surface area (Å²) >= 11 is 0. The van der Waals surface area contributed by atoms with E-state index in [2.05, 4.69) is 9.97 Å².